The van der Waals surface area contributed by atoms with Crippen molar-refractivity contribution >= 4 is 0 Å². The van der Waals surface area contributed by atoms with Crippen LogP contribution in [0.1, 0.15) is 11.3 Å². The van der Waals surface area contributed by atoms with Crippen LogP contribution in [0.3, 0.4) is 0 Å². The van der Waals surface area contributed by atoms with E-state index in [-0.39, 0.29) is 17.9 Å². The SMILES string of the molecule is N#Cc1ncccc1COCC(F)(F)C(F)F. The van der Waals surface area contributed by atoms with Crippen LogP contribution in [0.5, 0.6) is 0 Å². The van der Waals surface area contributed by atoms with E-state index in [2.05, 4.69) is 9.72 Å². The lowest BCUT2D eigenvalue weighted by Gasteiger charge is -2.15. The van der Waals surface area contributed by atoms with Crippen molar-refractivity contribution in [2.75, 3.05) is 6.61 Å². The smallest absolute Gasteiger partial charge is 0.330 e. The Kier molecular flexibility index (Phi) is 4.40. The van der Waals surface area contributed by atoms with E-state index in [0.29, 0.717) is 0 Å². The highest BCUT2D eigenvalue weighted by molar-refractivity contribution is 5.29. The Labute approximate surface area is 94.6 Å². The molecule has 0 aromatic carbocycles. The summed E-state index contributed by atoms with van der Waals surface area (Å²) in [5, 5.41) is 8.63. The molecule has 1 aromatic heterocycles. The van der Waals surface area contributed by atoms with E-state index >= 15 is 0 Å². The maximum atomic E-state index is 12.5. The number of aromatic nitrogens is 1. The van der Waals surface area contributed by atoms with Gasteiger partial charge in [0.05, 0.1) is 6.61 Å². The van der Waals surface area contributed by atoms with Crippen LogP contribution in [-0.4, -0.2) is 23.9 Å². The van der Waals surface area contributed by atoms with Crippen LogP contribution < -0.4 is 0 Å². The Morgan fingerprint density at radius 3 is 2.76 bits per heavy atom. The number of pyridine rings is 1. The molecule has 17 heavy (non-hydrogen) atoms. The average Bonchev–Trinajstić information content (AvgIpc) is 2.29. The zero-order valence-electron chi connectivity index (χ0n) is 8.54. The Morgan fingerprint density at radius 2 is 2.18 bits per heavy atom. The van der Waals surface area contributed by atoms with Gasteiger partial charge in [-0.1, -0.05) is 6.07 Å². The second-order valence-corrected chi connectivity index (χ2v) is 3.18. The lowest BCUT2D eigenvalue weighted by molar-refractivity contribution is -0.168. The van der Waals surface area contributed by atoms with Crippen LogP contribution in [0.4, 0.5) is 17.6 Å². The molecule has 0 spiro atoms. The van der Waals surface area contributed by atoms with Gasteiger partial charge in [-0.05, 0) is 6.07 Å². The molecule has 0 aliphatic rings. The molecule has 92 valence electrons. The van der Waals surface area contributed by atoms with Crippen molar-refractivity contribution < 1.29 is 22.3 Å². The van der Waals surface area contributed by atoms with Gasteiger partial charge in [0.15, 0.2) is 0 Å². The van der Waals surface area contributed by atoms with Crippen molar-refractivity contribution in [1.29, 1.82) is 5.26 Å². The zero-order valence-corrected chi connectivity index (χ0v) is 8.54. The number of rotatable bonds is 5. The summed E-state index contributed by atoms with van der Waals surface area (Å²) in [6.07, 6.45) is -2.41. The maximum Gasteiger partial charge on any atom is 0.330 e. The highest BCUT2D eigenvalue weighted by Gasteiger charge is 2.40. The summed E-state index contributed by atoms with van der Waals surface area (Å²) in [6, 6.07) is 4.68. The number of hydrogen-bond donors (Lipinski definition) is 0. The van der Waals surface area contributed by atoms with Gasteiger partial charge in [-0.25, -0.2) is 13.8 Å². The molecule has 0 atom stereocenters. The van der Waals surface area contributed by atoms with Crippen molar-refractivity contribution in [1.82, 2.24) is 4.98 Å². The van der Waals surface area contributed by atoms with E-state index in [0.717, 1.165) is 0 Å². The molecule has 0 radical (unpaired) electrons. The van der Waals surface area contributed by atoms with Gasteiger partial charge in [0.1, 0.15) is 18.4 Å². The maximum absolute atomic E-state index is 12.5. The molecule has 3 nitrogen and oxygen atoms in total. The summed E-state index contributed by atoms with van der Waals surface area (Å²) >= 11 is 0. The summed E-state index contributed by atoms with van der Waals surface area (Å²) in [5.74, 6) is -4.19. The fourth-order valence-corrected chi connectivity index (χ4v) is 1.02. The van der Waals surface area contributed by atoms with Crippen LogP contribution in [0.15, 0.2) is 18.3 Å². The molecule has 0 bridgehead atoms. The van der Waals surface area contributed by atoms with E-state index in [9.17, 15) is 17.6 Å². The van der Waals surface area contributed by atoms with E-state index in [1.165, 1.54) is 18.3 Å². The molecule has 0 N–H and O–H groups in total. The molecule has 0 saturated heterocycles. The number of hydrogen-bond acceptors (Lipinski definition) is 3. The predicted octanol–water partition coefficient (Wildman–Crippen LogP) is 2.37. The molecule has 1 heterocycles. The fraction of sp³-hybridized carbons (Fsp3) is 0.400. The molecular weight excluding hydrogens is 240 g/mol. The molecule has 0 fully saturated rings. The summed E-state index contributed by atoms with van der Waals surface area (Å²) in [4.78, 5) is 3.67. The first kappa shape index (κ1) is 13.4. The number of ether oxygens (including phenoxy) is 1. The minimum absolute atomic E-state index is 0.0212. The van der Waals surface area contributed by atoms with Gasteiger partial charge in [-0.15, -0.1) is 0 Å². The summed E-state index contributed by atoms with van der Waals surface area (Å²) in [6.45, 7) is -1.76. The van der Waals surface area contributed by atoms with Crippen molar-refractivity contribution in [3.63, 3.8) is 0 Å². The van der Waals surface area contributed by atoms with Crippen LogP contribution in [0, 0.1) is 11.3 Å². The van der Waals surface area contributed by atoms with E-state index < -0.39 is 19.0 Å². The summed E-state index contributed by atoms with van der Waals surface area (Å²) in [7, 11) is 0. The Morgan fingerprint density at radius 1 is 1.47 bits per heavy atom. The van der Waals surface area contributed by atoms with Crippen molar-refractivity contribution in [3.05, 3.63) is 29.6 Å². The third-order valence-corrected chi connectivity index (χ3v) is 1.87. The third-order valence-electron chi connectivity index (χ3n) is 1.87. The standard InChI is InChI=1S/C10H8F4N2O/c11-9(12)10(13,14)6-17-5-7-2-1-3-16-8(7)4-15/h1-3,9H,5-6H2. The second-order valence-electron chi connectivity index (χ2n) is 3.18. The lowest BCUT2D eigenvalue weighted by atomic mass is 10.2. The van der Waals surface area contributed by atoms with Crippen molar-refractivity contribution in [2.45, 2.75) is 19.0 Å². The van der Waals surface area contributed by atoms with Crippen LogP contribution in [0.25, 0.3) is 0 Å². The van der Waals surface area contributed by atoms with E-state index in [1.807, 2.05) is 0 Å². The third kappa shape index (κ3) is 3.67. The number of alkyl halides is 4. The zero-order chi connectivity index (χ0) is 12.9. The topological polar surface area (TPSA) is 45.9 Å². The van der Waals surface area contributed by atoms with Gasteiger partial charge in [0.25, 0.3) is 0 Å². The Hall–Kier alpha value is -1.68. The number of halogens is 4. The van der Waals surface area contributed by atoms with E-state index in [4.69, 9.17) is 5.26 Å². The largest absolute Gasteiger partial charge is 0.370 e. The van der Waals surface area contributed by atoms with Gasteiger partial charge in [-0.3, -0.25) is 0 Å². The predicted molar refractivity (Wildman–Crippen MR) is 49.6 cm³/mol. The highest BCUT2D eigenvalue weighted by Crippen LogP contribution is 2.23. The van der Waals surface area contributed by atoms with Gasteiger partial charge in [0.2, 0.25) is 0 Å². The van der Waals surface area contributed by atoms with Gasteiger partial charge < -0.3 is 4.74 Å². The Bertz CT molecular complexity index is 417. The number of nitriles is 1. The first-order valence-electron chi connectivity index (χ1n) is 4.55. The molecular formula is C10H8F4N2O. The fourth-order valence-electron chi connectivity index (χ4n) is 1.02. The first-order valence-corrected chi connectivity index (χ1v) is 4.55. The van der Waals surface area contributed by atoms with E-state index in [1.54, 1.807) is 6.07 Å². The summed E-state index contributed by atoms with van der Waals surface area (Å²) in [5.41, 5.74) is 0.299. The Balaban J connectivity index is 2.55. The molecule has 0 aliphatic carbocycles. The minimum atomic E-state index is -4.19. The van der Waals surface area contributed by atoms with Crippen LogP contribution >= 0.6 is 0 Å². The molecule has 1 aromatic rings. The van der Waals surface area contributed by atoms with Crippen molar-refractivity contribution in [3.8, 4) is 6.07 Å². The molecule has 0 saturated carbocycles. The molecule has 0 aliphatic heterocycles. The quantitative estimate of drug-likeness (QED) is 0.751. The average molecular weight is 248 g/mol. The monoisotopic (exact) mass is 248 g/mol. The van der Waals surface area contributed by atoms with Crippen LogP contribution in [0.2, 0.25) is 0 Å². The molecule has 7 heteroatoms. The second kappa shape index (κ2) is 5.59. The highest BCUT2D eigenvalue weighted by atomic mass is 19.3. The molecule has 1 rings (SSSR count). The normalized spacial score (nSPS) is 11.5. The molecule has 0 amide bonds. The van der Waals surface area contributed by atoms with Crippen molar-refractivity contribution in [2.24, 2.45) is 0 Å². The van der Waals surface area contributed by atoms with Gasteiger partial charge in [0, 0.05) is 11.8 Å². The lowest BCUT2D eigenvalue weighted by Crippen LogP contribution is -2.32. The summed E-state index contributed by atoms with van der Waals surface area (Å²) < 4.78 is 53.0. The molecule has 0 unspecified atom stereocenters. The minimum Gasteiger partial charge on any atom is -0.370 e. The van der Waals surface area contributed by atoms with Gasteiger partial charge in [-0.2, -0.15) is 14.0 Å². The van der Waals surface area contributed by atoms with Gasteiger partial charge >= 0.3 is 12.3 Å². The van der Waals surface area contributed by atoms with Crippen LogP contribution in [-0.2, 0) is 11.3 Å². The number of nitrogens with zero attached hydrogens (tertiary/aromatic N) is 2. The first-order chi connectivity index (χ1) is 7.97.